The molecule has 1 aromatic carbocycles. The van der Waals surface area contributed by atoms with E-state index in [0.717, 1.165) is 35.6 Å². The minimum absolute atomic E-state index is 0.185. The molecule has 2 heterocycles. The van der Waals surface area contributed by atoms with Crippen LogP contribution in [0.25, 0.3) is 22.0 Å². The zero-order chi connectivity index (χ0) is 18.6. The van der Waals surface area contributed by atoms with Crippen molar-refractivity contribution >= 4 is 16.6 Å². The van der Waals surface area contributed by atoms with Crippen molar-refractivity contribution in [3.8, 4) is 17.0 Å². The maximum Gasteiger partial charge on any atom is 0.156 e. The minimum atomic E-state index is -0.599. The second-order valence-corrected chi connectivity index (χ2v) is 8.02. The molecule has 0 unspecified atom stereocenters. The van der Waals surface area contributed by atoms with Crippen molar-refractivity contribution < 1.29 is 10.2 Å². The molecule has 2 aromatic heterocycles. The van der Waals surface area contributed by atoms with Gasteiger partial charge in [0.25, 0.3) is 0 Å². The summed E-state index contributed by atoms with van der Waals surface area (Å²) in [6, 6.07) is 6.12. The lowest BCUT2D eigenvalue weighted by Crippen LogP contribution is -2.48. The van der Waals surface area contributed by atoms with Gasteiger partial charge in [0, 0.05) is 34.8 Å². The number of hydrogen-bond donors (Lipinski definition) is 3. The predicted octanol–water partition coefficient (Wildman–Crippen LogP) is 3.21. The SMILES string of the molecule is C[C@]1(O)C[C@@H](Nc2nnc(-c3ccc4c(c3O)CCC4)c3cnccc23)C1. The standard InChI is InChI=1S/C21H22N4O2/c1-21(27)9-13(10-21)23-20-15-7-8-22-11-17(15)18(24-25-20)16-6-5-12-3-2-4-14(12)19(16)26/h5-8,11,13,26-27H,2-4,9-10H2,1H3,(H,23,25)/t13-,21+. The molecule has 0 radical (unpaired) electrons. The fourth-order valence-electron chi connectivity index (χ4n) is 4.44. The third kappa shape index (κ3) is 2.72. The summed E-state index contributed by atoms with van der Waals surface area (Å²) < 4.78 is 0. The quantitative estimate of drug-likeness (QED) is 0.663. The molecule has 5 rings (SSSR count). The molecule has 27 heavy (non-hydrogen) atoms. The molecular weight excluding hydrogens is 340 g/mol. The second-order valence-electron chi connectivity index (χ2n) is 8.02. The normalized spacial score (nSPS) is 23.9. The number of pyridine rings is 1. The maximum absolute atomic E-state index is 10.8. The van der Waals surface area contributed by atoms with E-state index in [1.165, 1.54) is 5.56 Å². The summed E-state index contributed by atoms with van der Waals surface area (Å²) >= 11 is 0. The molecule has 3 aromatic rings. The highest BCUT2D eigenvalue weighted by molar-refractivity contribution is 6.00. The average molecular weight is 362 g/mol. The molecule has 2 aliphatic carbocycles. The van der Waals surface area contributed by atoms with Crippen LogP contribution in [0, 0.1) is 0 Å². The lowest BCUT2D eigenvalue weighted by atomic mass is 9.77. The molecule has 1 fully saturated rings. The van der Waals surface area contributed by atoms with E-state index in [1.807, 2.05) is 19.1 Å². The van der Waals surface area contributed by atoms with Gasteiger partial charge in [0.15, 0.2) is 5.82 Å². The molecule has 6 heteroatoms. The number of benzene rings is 1. The van der Waals surface area contributed by atoms with Crippen LogP contribution in [0.1, 0.15) is 37.3 Å². The van der Waals surface area contributed by atoms with Crippen LogP contribution < -0.4 is 5.32 Å². The number of anilines is 1. The highest BCUT2D eigenvalue weighted by Crippen LogP contribution is 2.41. The fourth-order valence-corrected chi connectivity index (χ4v) is 4.44. The van der Waals surface area contributed by atoms with Crippen molar-refractivity contribution in [2.45, 2.75) is 50.7 Å². The number of rotatable bonds is 3. The maximum atomic E-state index is 10.8. The van der Waals surface area contributed by atoms with E-state index in [-0.39, 0.29) is 6.04 Å². The smallest absolute Gasteiger partial charge is 0.156 e. The van der Waals surface area contributed by atoms with Crippen LogP contribution in [0.2, 0.25) is 0 Å². The Hall–Kier alpha value is -2.73. The van der Waals surface area contributed by atoms with Gasteiger partial charge in [-0.05, 0) is 62.3 Å². The van der Waals surface area contributed by atoms with Gasteiger partial charge in [-0.1, -0.05) is 6.07 Å². The highest BCUT2D eigenvalue weighted by Gasteiger charge is 2.38. The number of phenolic OH excluding ortho intramolecular Hbond substituents is 1. The molecule has 0 atom stereocenters. The van der Waals surface area contributed by atoms with E-state index in [1.54, 1.807) is 12.4 Å². The molecule has 0 spiro atoms. The zero-order valence-electron chi connectivity index (χ0n) is 15.2. The van der Waals surface area contributed by atoms with Gasteiger partial charge in [-0.3, -0.25) is 4.98 Å². The van der Waals surface area contributed by atoms with Gasteiger partial charge >= 0.3 is 0 Å². The van der Waals surface area contributed by atoms with E-state index >= 15 is 0 Å². The Kier molecular flexibility index (Phi) is 3.59. The third-order valence-electron chi connectivity index (χ3n) is 5.80. The Morgan fingerprint density at radius 2 is 1.96 bits per heavy atom. The third-order valence-corrected chi connectivity index (χ3v) is 5.80. The van der Waals surface area contributed by atoms with Gasteiger partial charge < -0.3 is 15.5 Å². The Balaban J connectivity index is 1.58. The molecule has 0 amide bonds. The summed E-state index contributed by atoms with van der Waals surface area (Å²) in [7, 11) is 0. The summed E-state index contributed by atoms with van der Waals surface area (Å²) in [5, 5.41) is 34.8. The van der Waals surface area contributed by atoms with Crippen LogP contribution in [-0.2, 0) is 12.8 Å². The van der Waals surface area contributed by atoms with Crippen molar-refractivity contribution in [1.29, 1.82) is 0 Å². The van der Waals surface area contributed by atoms with Crippen molar-refractivity contribution in [2.75, 3.05) is 5.32 Å². The topological polar surface area (TPSA) is 91.2 Å². The van der Waals surface area contributed by atoms with Crippen LogP contribution in [0.3, 0.4) is 0 Å². The summed E-state index contributed by atoms with van der Waals surface area (Å²) in [6.45, 7) is 1.85. The van der Waals surface area contributed by atoms with Gasteiger partial charge in [0.05, 0.1) is 5.60 Å². The van der Waals surface area contributed by atoms with Crippen molar-refractivity contribution in [1.82, 2.24) is 15.2 Å². The number of aromatic hydroxyl groups is 1. The monoisotopic (exact) mass is 362 g/mol. The Bertz CT molecular complexity index is 1040. The van der Waals surface area contributed by atoms with Gasteiger partial charge in [-0.15, -0.1) is 10.2 Å². The highest BCUT2D eigenvalue weighted by atomic mass is 16.3. The lowest BCUT2D eigenvalue weighted by Gasteiger charge is -2.41. The summed E-state index contributed by atoms with van der Waals surface area (Å²) in [5.41, 5.74) is 3.02. The Morgan fingerprint density at radius 1 is 1.11 bits per heavy atom. The molecule has 3 N–H and O–H groups in total. The first-order chi connectivity index (χ1) is 13.0. The number of fused-ring (bicyclic) bond motifs is 2. The number of aliphatic hydroxyl groups is 1. The Labute approximate surface area is 157 Å². The first-order valence-corrected chi connectivity index (χ1v) is 9.45. The van der Waals surface area contributed by atoms with Gasteiger partial charge in [-0.25, -0.2) is 0 Å². The fraction of sp³-hybridized carbons (Fsp3) is 0.381. The average Bonchev–Trinajstić information content (AvgIpc) is 3.11. The second kappa shape index (κ2) is 5.89. The van der Waals surface area contributed by atoms with Crippen LogP contribution in [0.15, 0.2) is 30.6 Å². The minimum Gasteiger partial charge on any atom is -0.507 e. The first kappa shape index (κ1) is 16.4. The molecule has 0 bridgehead atoms. The number of hydrogen-bond acceptors (Lipinski definition) is 6. The Morgan fingerprint density at radius 3 is 2.78 bits per heavy atom. The number of phenols is 1. The molecule has 0 saturated heterocycles. The molecule has 0 aliphatic heterocycles. The molecule has 2 aliphatic rings. The largest absolute Gasteiger partial charge is 0.507 e. The molecule has 6 nitrogen and oxygen atoms in total. The molecular formula is C21H22N4O2. The van der Waals surface area contributed by atoms with Crippen LogP contribution in [-0.4, -0.2) is 37.0 Å². The van der Waals surface area contributed by atoms with Crippen molar-refractivity contribution in [3.05, 3.63) is 41.7 Å². The van der Waals surface area contributed by atoms with Crippen molar-refractivity contribution in [3.63, 3.8) is 0 Å². The van der Waals surface area contributed by atoms with E-state index < -0.39 is 5.60 Å². The first-order valence-electron chi connectivity index (χ1n) is 9.45. The molecule has 138 valence electrons. The van der Waals surface area contributed by atoms with Gasteiger partial charge in [0.1, 0.15) is 11.4 Å². The van der Waals surface area contributed by atoms with E-state index in [4.69, 9.17) is 0 Å². The van der Waals surface area contributed by atoms with Crippen LogP contribution in [0.5, 0.6) is 5.75 Å². The van der Waals surface area contributed by atoms with E-state index in [2.05, 4.69) is 26.6 Å². The number of aryl methyl sites for hydroxylation is 1. The summed E-state index contributed by atoms with van der Waals surface area (Å²) in [5.74, 6) is 1.01. The number of nitrogens with one attached hydrogen (secondary N) is 1. The predicted molar refractivity (Wildman–Crippen MR) is 104 cm³/mol. The van der Waals surface area contributed by atoms with E-state index in [0.29, 0.717) is 35.7 Å². The van der Waals surface area contributed by atoms with E-state index in [9.17, 15) is 10.2 Å². The van der Waals surface area contributed by atoms with Crippen LogP contribution in [0.4, 0.5) is 5.82 Å². The van der Waals surface area contributed by atoms with Gasteiger partial charge in [-0.2, -0.15) is 0 Å². The molecule has 1 saturated carbocycles. The van der Waals surface area contributed by atoms with Crippen molar-refractivity contribution in [2.24, 2.45) is 0 Å². The summed E-state index contributed by atoms with van der Waals surface area (Å²) in [6.07, 6.45) is 7.88. The van der Waals surface area contributed by atoms with Crippen LogP contribution >= 0.6 is 0 Å². The zero-order valence-corrected chi connectivity index (χ0v) is 15.2. The number of aromatic nitrogens is 3. The number of nitrogens with zero attached hydrogens (tertiary/aromatic N) is 3. The van der Waals surface area contributed by atoms with Gasteiger partial charge in [0.2, 0.25) is 0 Å². The summed E-state index contributed by atoms with van der Waals surface area (Å²) in [4.78, 5) is 4.26. The lowest BCUT2D eigenvalue weighted by molar-refractivity contribution is -0.0235.